The minimum absolute atomic E-state index is 0.0422. The molecule has 0 saturated carbocycles. The lowest BCUT2D eigenvalue weighted by Crippen LogP contribution is -2.42. The first-order valence-corrected chi connectivity index (χ1v) is 7.63. The van der Waals surface area contributed by atoms with Crippen LogP contribution in [0, 0.1) is 0 Å². The van der Waals surface area contributed by atoms with Crippen LogP contribution in [0.5, 0.6) is 5.75 Å². The Bertz CT molecular complexity index is 837. The molecule has 1 amide bonds. The Morgan fingerprint density at radius 3 is 2.62 bits per heavy atom. The van der Waals surface area contributed by atoms with Crippen molar-refractivity contribution in [3.8, 4) is 5.75 Å². The molecule has 0 radical (unpaired) electrons. The van der Waals surface area contributed by atoms with Crippen LogP contribution in [-0.2, 0) is 20.0 Å². The molecule has 1 aliphatic rings. The van der Waals surface area contributed by atoms with Crippen molar-refractivity contribution in [3.05, 3.63) is 58.6 Å². The van der Waals surface area contributed by atoms with Gasteiger partial charge in [-0.3, -0.25) is 4.79 Å². The summed E-state index contributed by atoms with van der Waals surface area (Å²) in [7, 11) is 0. The van der Waals surface area contributed by atoms with Crippen LogP contribution in [0.15, 0.2) is 42.5 Å². The average Bonchev–Trinajstić information content (AvgIpc) is 2.77. The number of hydrogen-bond donors (Lipinski definition) is 2. The van der Waals surface area contributed by atoms with Crippen molar-refractivity contribution in [1.29, 1.82) is 0 Å². The molecule has 1 unspecified atom stereocenters. The zero-order chi connectivity index (χ0) is 17.5. The lowest BCUT2D eigenvalue weighted by atomic mass is 9.87. The van der Waals surface area contributed by atoms with Gasteiger partial charge in [0.2, 0.25) is 5.60 Å². The molecule has 0 saturated heterocycles. The fraction of sp³-hybridized carbons (Fsp3) is 0.176. The van der Waals surface area contributed by atoms with Crippen LogP contribution < -0.4 is 5.06 Å². The van der Waals surface area contributed by atoms with Crippen LogP contribution in [0.4, 0.5) is 5.69 Å². The van der Waals surface area contributed by atoms with Gasteiger partial charge in [0.1, 0.15) is 5.75 Å². The topological polar surface area (TPSA) is 87.1 Å². The van der Waals surface area contributed by atoms with Crippen molar-refractivity contribution in [2.24, 2.45) is 0 Å². The minimum atomic E-state index is -2.18. The first-order valence-electron chi connectivity index (χ1n) is 7.25. The maximum absolute atomic E-state index is 12.8. The van der Waals surface area contributed by atoms with Crippen LogP contribution >= 0.6 is 11.6 Å². The number of carbonyl (C=O) groups is 2. The Morgan fingerprint density at radius 1 is 1.25 bits per heavy atom. The SMILES string of the molecule is CCC(=O)ON1C(=O)C(O)(c2ccc(Cl)cc2O)c2ccccc21. The van der Waals surface area contributed by atoms with Crippen LogP contribution in [-0.4, -0.2) is 22.1 Å². The highest BCUT2D eigenvalue weighted by Gasteiger charge is 2.54. The van der Waals surface area contributed by atoms with Crippen molar-refractivity contribution in [2.45, 2.75) is 18.9 Å². The summed E-state index contributed by atoms with van der Waals surface area (Å²) in [6.45, 7) is 1.59. The van der Waals surface area contributed by atoms with E-state index in [0.29, 0.717) is 0 Å². The van der Waals surface area contributed by atoms with E-state index in [1.54, 1.807) is 25.1 Å². The lowest BCUT2D eigenvalue weighted by Gasteiger charge is -2.23. The number of halogens is 1. The van der Waals surface area contributed by atoms with Gasteiger partial charge in [0.25, 0.3) is 0 Å². The van der Waals surface area contributed by atoms with Crippen molar-refractivity contribution >= 4 is 29.2 Å². The highest BCUT2D eigenvalue weighted by Crippen LogP contribution is 2.47. The van der Waals surface area contributed by atoms with Gasteiger partial charge in [0, 0.05) is 22.6 Å². The molecule has 0 spiro atoms. The second-order valence-corrected chi connectivity index (χ2v) is 5.74. The Kier molecular flexibility index (Phi) is 3.95. The van der Waals surface area contributed by atoms with Crippen molar-refractivity contribution < 1.29 is 24.6 Å². The van der Waals surface area contributed by atoms with Crippen molar-refractivity contribution in [2.75, 3.05) is 5.06 Å². The average molecular weight is 348 g/mol. The predicted octanol–water partition coefficient (Wildman–Crippen LogP) is 2.50. The molecule has 1 aliphatic heterocycles. The Hall–Kier alpha value is -2.57. The van der Waals surface area contributed by atoms with Gasteiger partial charge in [0.15, 0.2) is 0 Å². The van der Waals surface area contributed by atoms with Crippen LogP contribution in [0.25, 0.3) is 0 Å². The normalized spacial score (nSPS) is 19.3. The van der Waals surface area contributed by atoms with Crippen LogP contribution in [0.2, 0.25) is 5.02 Å². The number of nitrogens with zero attached hydrogens (tertiary/aromatic N) is 1. The number of hydroxylamine groups is 1. The van der Waals surface area contributed by atoms with Gasteiger partial charge in [-0.2, -0.15) is 0 Å². The molecular formula is C17H14ClNO5. The van der Waals surface area contributed by atoms with Gasteiger partial charge in [-0.15, -0.1) is 5.06 Å². The standard InChI is InChI=1S/C17H14ClNO5/c1-2-15(21)24-19-13-6-4-3-5-11(13)17(23,16(19)22)12-8-7-10(18)9-14(12)20/h3-9,20,23H,2H2,1H3. The number of rotatable bonds is 3. The van der Waals surface area contributed by atoms with E-state index in [2.05, 4.69) is 0 Å². The molecule has 1 atom stereocenters. The first kappa shape index (κ1) is 16.3. The summed E-state index contributed by atoms with van der Waals surface area (Å²) >= 11 is 5.82. The number of phenolic OH excluding ortho intramolecular Hbond substituents is 1. The molecule has 3 rings (SSSR count). The zero-order valence-electron chi connectivity index (χ0n) is 12.7. The molecular weight excluding hydrogens is 334 g/mol. The number of anilines is 1. The fourth-order valence-corrected chi connectivity index (χ4v) is 2.82. The summed E-state index contributed by atoms with van der Waals surface area (Å²) < 4.78 is 0. The van der Waals surface area contributed by atoms with E-state index in [0.717, 1.165) is 5.06 Å². The van der Waals surface area contributed by atoms with Crippen LogP contribution in [0.1, 0.15) is 24.5 Å². The van der Waals surface area contributed by atoms with E-state index in [1.165, 1.54) is 24.3 Å². The molecule has 0 fully saturated rings. The molecule has 124 valence electrons. The molecule has 0 aliphatic carbocycles. The van der Waals surface area contributed by atoms with Gasteiger partial charge >= 0.3 is 11.9 Å². The van der Waals surface area contributed by atoms with Gasteiger partial charge in [-0.1, -0.05) is 42.8 Å². The molecule has 1 heterocycles. The Morgan fingerprint density at radius 2 is 1.96 bits per heavy atom. The van der Waals surface area contributed by atoms with Crippen molar-refractivity contribution in [3.63, 3.8) is 0 Å². The number of phenols is 1. The molecule has 6 nitrogen and oxygen atoms in total. The second-order valence-electron chi connectivity index (χ2n) is 5.31. The van der Waals surface area contributed by atoms with E-state index < -0.39 is 17.5 Å². The summed E-state index contributed by atoms with van der Waals surface area (Å²) in [6.07, 6.45) is 0.0660. The summed E-state index contributed by atoms with van der Waals surface area (Å²) in [6, 6.07) is 10.4. The monoisotopic (exact) mass is 347 g/mol. The van der Waals surface area contributed by atoms with Gasteiger partial charge < -0.3 is 15.1 Å². The lowest BCUT2D eigenvalue weighted by molar-refractivity contribution is -0.154. The molecule has 0 aromatic heterocycles. The smallest absolute Gasteiger partial charge is 0.332 e. The van der Waals surface area contributed by atoms with Gasteiger partial charge in [0.05, 0.1) is 5.69 Å². The number of carbonyl (C=O) groups excluding carboxylic acids is 2. The van der Waals surface area contributed by atoms with E-state index >= 15 is 0 Å². The number of fused-ring (bicyclic) bond motifs is 1. The third kappa shape index (κ3) is 2.31. The molecule has 2 N–H and O–H groups in total. The van der Waals surface area contributed by atoms with E-state index in [1.807, 2.05) is 0 Å². The number of hydrogen-bond acceptors (Lipinski definition) is 5. The van der Waals surface area contributed by atoms with Gasteiger partial charge in [-0.05, 0) is 18.2 Å². The quantitative estimate of drug-likeness (QED) is 0.890. The highest BCUT2D eigenvalue weighted by atomic mass is 35.5. The van der Waals surface area contributed by atoms with E-state index in [-0.39, 0.29) is 34.0 Å². The predicted molar refractivity (Wildman–Crippen MR) is 86.4 cm³/mol. The number of para-hydroxylation sites is 1. The van der Waals surface area contributed by atoms with E-state index in [9.17, 15) is 19.8 Å². The molecule has 24 heavy (non-hydrogen) atoms. The van der Waals surface area contributed by atoms with Gasteiger partial charge in [-0.25, -0.2) is 4.79 Å². The maximum atomic E-state index is 12.8. The number of amides is 1. The zero-order valence-corrected chi connectivity index (χ0v) is 13.4. The maximum Gasteiger partial charge on any atom is 0.332 e. The summed E-state index contributed by atoms with van der Waals surface area (Å²) in [4.78, 5) is 29.5. The van der Waals surface area contributed by atoms with Crippen LogP contribution in [0.3, 0.4) is 0 Å². The summed E-state index contributed by atoms with van der Waals surface area (Å²) in [5.74, 6) is -1.84. The minimum Gasteiger partial charge on any atom is -0.507 e. The Labute approximate surface area is 142 Å². The first-order chi connectivity index (χ1) is 11.4. The molecule has 2 aromatic rings. The number of aliphatic hydroxyl groups is 1. The summed E-state index contributed by atoms with van der Waals surface area (Å²) in [5, 5.41) is 22.3. The third-order valence-corrected chi connectivity index (χ3v) is 4.07. The van der Waals surface area contributed by atoms with Crippen molar-refractivity contribution in [1.82, 2.24) is 0 Å². The molecule has 0 bridgehead atoms. The number of aromatic hydroxyl groups is 1. The summed E-state index contributed by atoms with van der Waals surface area (Å²) in [5.41, 5.74) is -1.78. The Balaban J connectivity index is 2.18. The largest absolute Gasteiger partial charge is 0.507 e. The molecule has 7 heteroatoms. The highest BCUT2D eigenvalue weighted by molar-refractivity contribution is 6.30. The number of benzene rings is 2. The fourth-order valence-electron chi connectivity index (χ4n) is 2.66. The third-order valence-electron chi connectivity index (χ3n) is 3.84. The molecule has 2 aromatic carbocycles. The van der Waals surface area contributed by atoms with E-state index in [4.69, 9.17) is 16.4 Å². The second kappa shape index (κ2) is 5.81.